The first-order valence-electron chi connectivity index (χ1n) is 5.05. The lowest BCUT2D eigenvalue weighted by atomic mass is 9.70. The first-order valence-corrected chi connectivity index (χ1v) is 5.43. The molecule has 1 fully saturated rings. The molecule has 1 aromatic rings. The molecule has 1 saturated carbocycles. The Morgan fingerprint density at radius 3 is 2.38 bits per heavy atom. The topological polar surface area (TPSA) is 0 Å². The van der Waals surface area contributed by atoms with Crippen molar-refractivity contribution in [1.82, 2.24) is 0 Å². The van der Waals surface area contributed by atoms with Crippen LogP contribution in [0.25, 0.3) is 0 Å². The van der Waals surface area contributed by atoms with Crippen molar-refractivity contribution in [3.8, 4) is 0 Å². The van der Waals surface area contributed by atoms with Crippen LogP contribution in [0.3, 0.4) is 0 Å². The lowest BCUT2D eigenvalue weighted by molar-refractivity contribution is 0.256. The molecule has 1 aliphatic carbocycles. The Bertz CT molecular complexity index is 270. The van der Waals surface area contributed by atoms with E-state index in [1.165, 1.54) is 24.8 Å². The molecule has 0 bridgehead atoms. The zero-order chi connectivity index (χ0) is 9.26. The van der Waals surface area contributed by atoms with Crippen LogP contribution in [0.15, 0.2) is 24.3 Å². The van der Waals surface area contributed by atoms with Crippen molar-refractivity contribution in [2.24, 2.45) is 5.92 Å². The Labute approximate surface area is 84.9 Å². The third-order valence-electron chi connectivity index (χ3n) is 3.15. The van der Waals surface area contributed by atoms with Gasteiger partial charge in [0.2, 0.25) is 0 Å². The zero-order valence-electron chi connectivity index (χ0n) is 7.96. The Morgan fingerprint density at radius 1 is 1.23 bits per heavy atom. The Morgan fingerprint density at radius 2 is 1.85 bits per heavy atom. The lowest BCUT2D eigenvalue weighted by Crippen LogP contribution is -2.20. The summed E-state index contributed by atoms with van der Waals surface area (Å²) in [7, 11) is 0. The van der Waals surface area contributed by atoms with Gasteiger partial charge in [0, 0.05) is 5.02 Å². The van der Waals surface area contributed by atoms with Gasteiger partial charge in [-0.05, 0) is 42.4 Å². The minimum Gasteiger partial charge on any atom is -0.0843 e. The van der Waals surface area contributed by atoms with Crippen LogP contribution in [0.4, 0.5) is 0 Å². The van der Waals surface area contributed by atoms with E-state index in [1.807, 2.05) is 12.1 Å². The van der Waals surface area contributed by atoms with Gasteiger partial charge >= 0.3 is 0 Å². The van der Waals surface area contributed by atoms with E-state index in [-0.39, 0.29) is 0 Å². The third kappa shape index (κ3) is 1.88. The molecule has 13 heavy (non-hydrogen) atoms. The molecule has 1 aromatic carbocycles. The molecule has 0 saturated heterocycles. The molecule has 0 aliphatic heterocycles. The van der Waals surface area contributed by atoms with Crippen molar-refractivity contribution < 1.29 is 0 Å². The van der Waals surface area contributed by atoms with E-state index in [1.54, 1.807) is 0 Å². The highest BCUT2D eigenvalue weighted by Crippen LogP contribution is 2.43. The number of benzene rings is 1. The van der Waals surface area contributed by atoms with Crippen LogP contribution < -0.4 is 0 Å². The first-order chi connectivity index (χ1) is 6.29. The quantitative estimate of drug-likeness (QED) is 0.661. The van der Waals surface area contributed by atoms with Crippen LogP contribution in [-0.4, -0.2) is 0 Å². The van der Waals surface area contributed by atoms with E-state index in [9.17, 15) is 0 Å². The highest BCUT2D eigenvalue weighted by Gasteiger charge is 2.28. The SMILES string of the molecule is CCC1CC(c2ccc(Cl)cc2)C1. The summed E-state index contributed by atoms with van der Waals surface area (Å²) in [4.78, 5) is 0. The fraction of sp³-hybridized carbons (Fsp3) is 0.500. The molecular weight excluding hydrogens is 180 g/mol. The molecule has 0 heterocycles. The summed E-state index contributed by atoms with van der Waals surface area (Å²) < 4.78 is 0. The van der Waals surface area contributed by atoms with Gasteiger partial charge in [-0.2, -0.15) is 0 Å². The molecule has 0 spiro atoms. The maximum Gasteiger partial charge on any atom is 0.0406 e. The van der Waals surface area contributed by atoms with E-state index >= 15 is 0 Å². The van der Waals surface area contributed by atoms with Crippen molar-refractivity contribution in [1.29, 1.82) is 0 Å². The molecule has 0 radical (unpaired) electrons. The van der Waals surface area contributed by atoms with Crippen LogP contribution in [0.5, 0.6) is 0 Å². The largest absolute Gasteiger partial charge is 0.0843 e. The summed E-state index contributed by atoms with van der Waals surface area (Å²) in [5.41, 5.74) is 1.47. The van der Waals surface area contributed by atoms with Gasteiger partial charge in [0.15, 0.2) is 0 Å². The molecule has 0 unspecified atom stereocenters. The van der Waals surface area contributed by atoms with Gasteiger partial charge in [-0.25, -0.2) is 0 Å². The van der Waals surface area contributed by atoms with Gasteiger partial charge in [-0.3, -0.25) is 0 Å². The first kappa shape index (κ1) is 9.08. The molecule has 2 rings (SSSR count). The van der Waals surface area contributed by atoms with Crippen molar-refractivity contribution >= 4 is 11.6 Å². The lowest BCUT2D eigenvalue weighted by Gasteiger charge is -2.35. The minimum absolute atomic E-state index is 0.808. The van der Waals surface area contributed by atoms with Crippen molar-refractivity contribution in [2.75, 3.05) is 0 Å². The number of hydrogen-bond acceptors (Lipinski definition) is 0. The highest BCUT2D eigenvalue weighted by atomic mass is 35.5. The highest BCUT2D eigenvalue weighted by molar-refractivity contribution is 6.30. The predicted molar refractivity (Wildman–Crippen MR) is 57.2 cm³/mol. The number of rotatable bonds is 2. The summed E-state index contributed by atoms with van der Waals surface area (Å²) in [5.74, 6) is 1.78. The van der Waals surface area contributed by atoms with Crippen LogP contribution in [0.1, 0.15) is 37.7 Å². The monoisotopic (exact) mass is 194 g/mol. The van der Waals surface area contributed by atoms with E-state index < -0.39 is 0 Å². The van der Waals surface area contributed by atoms with Gasteiger partial charge in [-0.15, -0.1) is 0 Å². The van der Waals surface area contributed by atoms with Crippen LogP contribution in [-0.2, 0) is 0 Å². The van der Waals surface area contributed by atoms with Crippen molar-refractivity contribution in [3.63, 3.8) is 0 Å². The van der Waals surface area contributed by atoms with Crippen molar-refractivity contribution in [3.05, 3.63) is 34.9 Å². The van der Waals surface area contributed by atoms with Gasteiger partial charge in [0.25, 0.3) is 0 Å². The number of halogens is 1. The zero-order valence-corrected chi connectivity index (χ0v) is 8.72. The van der Waals surface area contributed by atoms with Gasteiger partial charge < -0.3 is 0 Å². The second-order valence-electron chi connectivity index (χ2n) is 3.99. The van der Waals surface area contributed by atoms with Gasteiger partial charge in [-0.1, -0.05) is 37.1 Å². The minimum atomic E-state index is 0.808. The molecule has 0 amide bonds. The Hall–Kier alpha value is -0.490. The second-order valence-corrected chi connectivity index (χ2v) is 4.43. The molecule has 1 aliphatic rings. The fourth-order valence-corrected chi connectivity index (χ4v) is 2.20. The normalized spacial score (nSPS) is 26.9. The summed E-state index contributed by atoms with van der Waals surface area (Å²) >= 11 is 5.83. The summed E-state index contributed by atoms with van der Waals surface area (Å²) in [6, 6.07) is 8.32. The summed E-state index contributed by atoms with van der Waals surface area (Å²) in [6.07, 6.45) is 4.08. The molecular formula is C12H15Cl. The molecule has 1 heteroatoms. The molecule has 0 aromatic heterocycles. The second kappa shape index (κ2) is 3.71. The predicted octanol–water partition coefficient (Wildman–Crippen LogP) is 4.24. The van der Waals surface area contributed by atoms with Crippen LogP contribution >= 0.6 is 11.6 Å². The average Bonchev–Trinajstić information content (AvgIpc) is 2.06. The molecule has 0 N–H and O–H groups in total. The van der Waals surface area contributed by atoms with E-state index in [4.69, 9.17) is 11.6 Å². The van der Waals surface area contributed by atoms with E-state index in [0.29, 0.717) is 0 Å². The summed E-state index contributed by atoms with van der Waals surface area (Å²) in [5, 5.41) is 0.843. The Balaban J connectivity index is 1.99. The fourth-order valence-electron chi connectivity index (χ4n) is 2.08. The smallest absolute Gasteiger partial charge is 0.0406 e. The molecule has 0 nitrogen and oxygen atoms in total. The number of hydrogen-bond donors (Lipinski definition) is 0. The van der Waals surface area contributed by atoms with Gasteiger partial charge in [0.05, 0.1) is 0 Å². The van der Waals surface area contributed by atoms with E-state index in [2.05, 4.69) is 19.1 Å². The average molecular weight is 195 g/mol. The maximum absolute atomic E-state index is 5.83. The molecule has 0 atom stereocenters. The molecule has 70 valence electrons. The van der Waals surface area contributed by atoms with Crippen LogP contribution in [0, 0.1) is 5.92 Å². The summed E-state index contributed by atoms with van der Waals surface area (Å²) in [6.45, 7) is 2.28. The third-order valence-corrected chi connectivity index (χ3v) is 3.41. The van der Waals surface area contributed by atoms with Crippen LogP contribution in [0.2, 0.25) is 5.02 Å². The maximum atomic E-state index is 5.83. The standard InChI is InChI=1S/C12H15Cl/c1-2-9-7-11(8-9)10-3-5-12(13)6-4-10/h3-6,9,11H,2,7-8H2,1H3. The van der Waals surface area contributed by atoms with Gasteiger partial charge in [0.1, 0.15) is 0 Å². The van der Waals surface area contributed by atoms with Crippen molar-refractivity contribution in [2.45, 2.75) is 32.1 Å². The Kier molecular flexibility index (Phi) is 2.59. The van der Waals surface area contributed by atoms with E-state index in [0.717, 1.165) is 16.9 Å².